The standard InChI is InChI=1S/C14H16N4O/c1-2-17-10-12(8-13(17)19)18-7-6-16-14(18)11-4-3-5-15-9-11/h3-7,9,12H,2,8,10H2,1H3. The van der Waals surface area contributed by atoms with Crippen LogP contribution in [0.4, 0.5) is 0 Å². The summed E-state index contributed by atoms with van der Waals surface area (Å²) in [7, 11) is 0. The Labute approximate surface area is 111 Å². The Kier molecular flexibility index (Phi) is 3.03. The second-order valence-corrected chi connectivity index (χ2v) is 4.69. The van der Waals surface area contributed by atoms with Gasteiger partial charge in [-0.2, -0.15) is 0 Å². The number of nitrogens with zero attached hydrogens (tertiary/aromatic N) is 4. The third-order valence-electron chi connectivity index (χ3n) is 3.56. The van der Waals surface area contributed by atoms with Crippen molar-refractivity contribution < 1.29 is 4.79 Å². The molecule has 2 aromatic rings. The summed E-state index contributed by atoms with van der Waals surface area (Å²) in [5, 5.41) is 0. The van der Waals surface area contributed by atoms with E-state index >= 15 is 0 Å². The van der Waals surface area contributed by atoms with E-state index in [1.54, 1.807) is 18.6 Å². The molecule has 0 spiro atoms. The lowest BCUT2D eigenvalue weighted by Crippen LogP contribution is -2.24. The van der Waals surface area contributed by atoms with E-state index in [-0.39, 0.29) is 11.9 Å². The van der Waals surface area contributed by atoms with Crippen LogP contribution < -0.4 is 0 Å². The van der Waals surface area contributed by atoms with E-state index in [1.165, 1.54) is 0 Å². The van der Waals surface area contributed by atoms with Gasteiger partial charge in [0.1, 0.15) is 5.82 Å². The number of hydrogen-bond acceptors (Lipinski definition) is 3. The van der Waals surface area contributed by atoms with E-state index in [1.807, 2.05) is 30.2 Å². The van der Waals surface area contributed by atoms with Gasteiger partial charge in [-0.1, -0.05) is 0 Å². The van der Waals surface area contributed by atoms with E-state index in [4.69, 9.17) is 0 Å². The van der Waals surface area contributed by atoms with Crippen LogP contribution in [0.15, 0.2) is 36.9 Å². The molecule has 3 heterocycles. The Balaban J connectivity index is 1.92. The SMILES string of the molecule is CCN1CC(n2ccnc2-c2cccnc2)CC1=O. The summed E-state index contributed by atoms with van der Waals surface area (Å²) >= 11 is 0. The molecule has 0 aliphatic carbocycles. The molecule has 3 rings (SSSR count). The summed E-state index contributed by atoms with van der Waals surface area (Å²) in [6, 6.07) is 4.05. The second kappa shape index (κ2) is 4.84. The normalized spacial score (nSPS) is 19.1. The zero-order valence-corrected chi connectivity index (χ0v) is 10.9. The molecule has 1 unspecified atom stereocenters. The minimum Gasteiger partial charge on any atom is -0.341 e. The molecule has 0 radical (unpaired) electrons. The van der Waals surface area contributed by atoms with E-state index in [0.717, 1.165) is 24.5 Å². The average Bonchev–Trinajstić information content (AvgIpc) is 3.05. The minimum absolute atomic E-state index is 0.171. The number of hydrogen-bond donors (Lipinski definition) is 0. The number of imidazole rings is 1. The Hall–Kier alpha value is -2.17. The van der Waals surface area contributed by atoms with Crippen LogP contribution in [-0.4, -0.2) is 38.4 Å². The van der Waals surface area contributed by atoms with Gasteiger partial charge < -0.3 is 9.47 Å². The van der Waals surface area contributed by atoms with E-state index < -0.39 is 0 Å². The maximum atomic E-state index is 11.8. The average molecular weight is 256 g/mol. The number of rotatable bonds is 3. The summed E-state index contributed by atoms with van der Waals surface area (Å²) in [5.74, 6) is 1.10. The predicted octanol–water partition coefficient (Wildman–Crippen LogP) is 1.74. The minimum atomic E-state index is 0.171. The molecule has 0 aromatic carbocycles. The zero-order valence-electron chi connectivity index (χ0n) is 10.9. The maximum absolute atomic E-state index is 11.8. The molecule has 5 heteroatoms. The second-order valence-electron chi connectivity index (χ2n) is 4.69. The smallest absolute Gasteiger partial charge is 0.224 e. The molecule has 1 saturated heterocycles. The lowest BCUT2D eigenvalue weighted by Gasteiger charge is -2.16. The van der Waals surface area contributed by atoms with Crippen molar-refractivity contribution in [3.63, 3.8) is 0 Å². The quantitative estimate of drug-likeness (QED) is 0.840. The highest BCUT2D eigenvalue weighted by atomic mass is 16.2. The summed E-state index contributed by atoms with van der Waals surface area (Å²) < 4.78 is 2.09. The number of carbonyl (C=O) groups excluding carboxylic acids is 1. The van der Waals surface area contributed by atoms with Gasteiger partial charge in [0.05, 0.1) is 6.04 Å². The highest BCUT2D eigenvalue weighted by molar-refractivity contribution is 5.79. The van der Waals surface area contributed by atoms with Gasteiger partial charge in [0, 0.05) is 49.9 Å². The summed E-state index contributed by atoms with van der Waals surface area (Å²) in [6.45, 7) is 3.54. The number of pyridine rings is 1. The lowest BCUT2D eigenvalue weighted by molar-refractivity contribution is -0.127. The fraction of sp³-hybridized carbons (Fsp3) is 0.357. The molecular weight excluding hydrogens is 240 g/mol. The van der Waals surface area contributed by atoms with Crippen LogP contribution in [-0.2, 0) is 4.79 Å². The third kappa shape index (κ3) is 2.12. The van der Waals surface area contributed by atoms with Gasteiger partial charge in [0.2, 0.25) is 5.91 Å². The van der Waals surface area contributed by atoms with Gasteiger partial charge >= 0.3 is 0 Å². The van der Waals surface area contributed by atoms with Crippen molar-refractivity contribution in [2.24, 2.45) is 0 Å². The summed E-state index contributed by atoms with van der Waals surface area (Å²) in [6.07, 6.45) is 7.82. The van der Waals surface area contributed by atoms with Crippen molar-refractivity contribution in [3.8, 4) is 11.4 Å². The van der Waals surface area contributed by atoms with Crippen LogP contribution >= 0.6 is 0 Å². The number of aromatic nitrogens is 3. The molecular formula is C14H16N4O. The zero-order chi connectivity index (χ0) is 13.2. The molecule has 19 heavy (non-hydrogen) atoms. The van der Waals surface area contributed by atoms with Gasteiger partial charge in [-0.25, -0.2) is 4.98 Å². The molecule has 1 aliphatic rings. The highest BCUT2D eigenvalue weighted by Gasteiger charge is 2.30. The van der Waals surface area contributed by atoms with Crippen molar-refractivity contribution in [3.05, 3.63) is 36.9 Å². The third-order valence-corrected chi connectivity index (χ3v) is 3.56. The number of amides is 1. The molecule has 1 fully saturated rings. The van der Waals surface area contributed by atoms with Crippen LogP contribution in [0, 0.1) is 0 Å². The van der Waals surface area contributed by atoms with Crippen LogP contribution in [0.25, 0.3) is 11.4 Å². The van der Waals surface area contributed by atoms with Gasteiger partial charge in [-0.15, -0.1) is 0 Å². The Morgan fingerprint density at radius 1 is 1.42 bits per heavy atom. The first-order valence-corrected chi connectivity index (χ1v) is 6.50. The van der Waals surface area contributed by atoms with Gasteiger partial charge in [-0.3, -0.25) is 9.78 Å². The number of carbonyl (C=O) groups is 1. The van der Waals surface area contributed by atoms with Crippen LogP contribution in [0.5, 0.6) is 0 Å². The Morgan fingerprint density at radius 2 is 2.32 bits per heavy atom. The largest absolute Gasteiger partial charge is 0.341 e. The van der Waals surface area contributed by atoms with Gasteiger partial charge in [-0.05, 0) is 19.1 Å². The topological polar surface area (TPSA) is 51.0 Å². The maximum Gasteiger partial charge on any atom is 0.224 e. The highest BCUT2D eigenvalue weighted by Crippen LogP contribution is 2.27. The molecule has 2 aromatic heterocycles. The molecule has 98 valence electrons. The van der Waals surface area contributed by atoms with Gasteiger partial charge in [0.25, 0.3) is 0 Å². The Morgan fingerprint density at radius 3 is 3.00 bits per heavy atom. The molecule has 0 saturated carbocycles. The molecule has 5 nitrogen and oxygen atoms in total. The van der Waals surface area contributed by atoms with Crippen molar-refractivity contribution in [2.75, 3.05) is 13.1 Å². The van der Waals surface area contributed by atoms with Crippen molar-refractivity contribution in [2.45, 2.75) is 19.4 Å². The lowest BCUT2D eigenvalue weighted by atomic mass is 10.2. The summed E-state index contributed by atoms with van der Waals surface area (Å²) in [5.41, 5.74) is 0.981. The van der Waals surface area contributed by atoms with Gasteiger partial charge in [0.15, 0.2) is 0 Å². The monoisotopic (exact) mass is 256 g/mol. The first kappa shape index (κ1) is 11.9. The molecule has 0 bridgehead atoms. The number of likely N-dealkylation sites (N-methyl/N-ethyl adjacent to an activating group) is 1. The van der Waals surface area contributed by atoms with Crippen LogP contribution in [0.2, 0.25) is 0 Å². The fourth-order valence-corrected chi connectivity index (χ4v) is 2.57. The molecule has 1 amide bonds. The molecule has 1 aliphatic heterocycles. The first-order chi connectivity index (χ1) is 9.29. The van der Waals surface area contributed by atoms with E-state index in [2.05, 4.69) is 14.5 Å². The summed E-state index contributed by atoms with van der Waals surface area (Å²) in [4.78, 5) is 22.2. The fourth-order valence-electron chi connectivity index (χ4n) is 2.57. The molecule has 1 atom stereocenters. The van der Waals surface area contributed by atoms with Crippen LogP contribution in [0.1, 0.15) is 19.4 Å². The van der Waals surface area contributed by atoms with E-state index in [9.17, 15) is 4.79 Å². The van der Waals surface area contributed by atoms with E-state index in [0.29, 0.717) is 6.42 Å². The predicted molar refractivity (Wildman–Crippen MR) is 71.4 cm³/mol. The van der Waals surface area contributed by atoms with Crippen molar-refractivity contribution >= 4 is 5.91 Å². The van der Waals surface area contributed by atoms with Crippen molar-refractivity contribution in [1.82, 2.24) is 19.4 Å². The first-order valence-electron chi connectivity index (χ1n) is 6.50. The Bertz CT molecular complexity index is 578. The van der Waals surface area contributed by atoms with Crippen LogP contribution in [0.3, 0.4) is 0 Å². The van der Waals surface area contributed by atoms with Crippen molar-refractivity contribution in [1.29, 1.82) is 0 Å². The number of likely N-dealkylation sites (tertiary alicyclic amines) is 1. The molecule has 0 N–H and O–H groups in total.